The molecule has 6 nitrogen and oxygen atoms in total. The maximum Gasteiger partial charge on any atom is 0.261 e. The van der Waals surface area contributed by atoms with Crippen LogP contribution < -0.4 is 5.56 Å². The molecule has 0 bridgehead atoms. The van der Waals surface area contributed by atoms with E-state index in [1.165, 1.54) is 17.8 Å². The molecule has 0 spiro atoms. The molecule has 0 aliphatic carbocycles. The Bertz CT molecular complexity index is 1070. The Morgan fingerprint density at radius 1 is 1.20 bits per heavy atom. The first kappa shape index (κ1) is 16.8. The number of aromatic amines is 1. The Kier molecular flexibility index (Phi) is 4.12. The zero-order valence-electron chi connectivity index (χ0n) is 14.6. The van der Waals surface area contributed by atoms with Gasteiger partial charge < -0.3 is 4.98 Å². The number of H-pyrrole nitrogens is 1. The molecule has 25 heavy (non-hydrogen) atoms. The number of Topliss-reactive ketones (excluding diaryl/α,β-unsaturated/α-hetero) is 2. The van der Waals surface area contributed by atoms with Gasteiger partial charge >= 0.3 is 0 Å². The average Bonchev–Trinajstić information content (AvgIpc) is 2.85. The van der Waals surface area contributed by atoms with Gasteiger partial charge in [-0.2, -0.15) is 0 Å². The molecule has 0 atom stereocenters. The minimum absolute atomic E-state index is 0.0923. The number of carbonyl (C=O) groups is 2. The second kappa shape index (κ2) is 6.12. The number of nitrogens with one attached hydrogen (secondary N) is 1. The number of aromatic nitrogens is 3. The first-order valence-electron chi connectivity index (χ1n) is 7.98. The SMILES string of the molecule is CC(=O)c1c(C)[nH]c(C(=O)Cn2cnc3ccc(C)cc3c2=O)c1C. The van der Waals surface area contributed by atoms with E-state index in [-0.39, 0.29) is 23.7 Å². The number of aryl methyl sites for hydroxylation is 2. The van der Waals surface area contributed by atoms with Gasteiger partial charge in [-0.1, -0.05) is 11.6 Å². The summed E-state index contributed by atoms with van der Waals surface area (Å²) in [6, 6.07) is 5.44. The molecule has 6 heteroatoms. The fourth-order valence-electron chi connectivity index (χ4n) is 3.18. The summed E-state index contributed by atoms with van der Waals surface area (Å²) in [6.07, 6.45) is 1.38. The Labute approximate surface area is 144 Å². The van der Waals surface area contributed by atoms with Gasteiger partial charge in [0.25, 0.3) is 5.56 Å². The molecule has 0 radical (unpaired) electrons. The summed E-state index contributed by atoms with van der Waals surface area (Å²) in [5, 5.41) is 0.485. The lowest BCUT2D eigenvalue weighted by Crippen LogP contribution is -2.25. The minimum atomic E-state index is -0.260. The molecule has 0 saturated heterocycles. The molecular formula is C19H19N3O3. The number of benzene rings is 1. The summed E-state index contributed by atoms with van der Waals surface area (Å²) < 4.78 is 1.30. The lowest BCUT2D eigenvalue weighted by Gasteiger charge is -2.06. The highest BCUT2D eigenvalue weighted by Gasteiger charge is 2.20. The van der Waals surface area contributed by atoms with Crippen LogP contribution in [-0.2, 0) is 6.54 Å². The van der Waals surface area contributed by atoms with Gasteiger partial charge in [-0.05, 0) is 45.4 Å². The van der Waals surface area contributed by atoms with Gasteiger partial charge in [-0.3, -0.25) is 19.0 Å². The smallest absolute Gasteiger partial charge is 0.261 e. The monoisotopic (exact) mass is 337 g/mol. The van der Waals surface area contributed by atoms with Crippen LogP contribution in [0.25, 0.3) is 10.9 Å². The topological polar surface area (TPSA) is 84.8 Å². The highest BCUT2D eigenvalue weighted by Crippen LogP contribution is 2.19. The maximum absolute atomic E-state index is 12.6. The fraction of sp³-hybridized carbons (Fsp3) is 0.263. The van der Waals surface area contributed by atoms with Gasteiger partial charge in [0.2, 0.25) is 0 Å². The van der Waals surface area contributed by atoms with Crippen molar-refractivity contribution >= 4 is 22.5 Å². The first-order chi connectivity index (χ1) is 11.8. The van der Waals surface area contributed by atoms with Gasteiger partial charge in [0, 0.05) is 11.3 Å². The van der Waals surface area contributed by atoms with Gasteiger partial charge in [0.05, 0.1) is 29.5 Å². The first-order valence-corrected chi connectivity index (χ1v) is 7.98. The van der Waals surface area contributed by atoms with E-state index in [2.05, 4.69) is 9.97 Å². The molecule has 0 amide bonds. The molecule has 0 aliphatic heterocycles. The Morgan fingerprint density at radius 2 is 1.92 bits per heavy atom. The number of fused-ring (bicyclic) bond motifs is 1. The molecule has 1 N–H and O–H groups in total. The largest absolute Gasteiger partial charge is 0.355 e. The Morgan fingerprint density at radius 3 is 2.56 bits per heavy atom. The zero-order valence-corrected chi connectivity index (χ0v) is 14.6. The lowest BCUT2D eigenvalue weighted by atomic mass is 10.1. The van der Waals surface area contributed by atoms with E-state index in [9.17, 15) is 14.4 Å². The van der Waals surface area contributed by atoms with Crippen molar-refractivity contribution in [2.24, 2.45) is 0 Å². The summed E-state index contributed by atoms with van der Waals surface area (Å²) in [7, 11) is 0. The average molecular weight is 337 g/mol. The third-order valence-electron chi connectivity index (χ3n) is 4.36. The van der Waals surface area contributed by atoms with Gasteiger partial charge in [-0.25, -0.2) is 4.98 Å². The molecule has 0 fully saturated rings. The Balaban J connectivity index is 2.01. The van der Waals surface area contributed by atoms with Crippen molar-refractivity contribution in [2.75, 3.05) is 0 Å². The number of ketones is 2. The van der Waals surface area contributed by atoms with Crippen molar-refractivity contribution in [3.05, 3.63) is 63.0 Å². The molecule has 3 aromatic rings. The van der Waals surface area contributed by atoms with E-state index < -0.39 is 0 Å². The number of nitrogens with zero attached hydrogens (tertiary/aromatic N) is 2. The van der Waals surface area contributed by atoms with Gasteiger partial charge in [0.15, 0.2) is 11.6 Å². The molecule has 0 aliphatic rings. The van der Waals surface area contributed by atoms with Crippen LogP contribution >= 0.6 is 0 Å². The summed E-state index contributed by atoms with van der Waals surface area (Å²) >= 11 is 0. The van der Waals surface area contributed by atoms with Crippen molar-refractivity contribution < 1.29 is 9.59 Å². The third-order valence-corrected chi connectivity index (χ3v) is 4.36. The molecule has 2 heterocycles. The van der Waals surface area contributed by atoms with Crippen molar-refractivity contribution in [2.45, 2.75) is 34.2 Å². The van der Waals surface area contributed by atoms with Crippen LogP contribution in [-0.4, -0.2) is 26.1 Å². The molecule has 128 valence electrons. The van der Waals surface area contributed by atoms with E-state index in [1.807, 2.05) is 13.0 Å². The minimum Gasteiger partial charge on any atom is -0.355 e. The molecule has 3 rings (SSSR count). The van der Waals surface area contributed by atoms with E-state index in [0.717, 1.165) is 5.56 Å². The third kappa shape index (κ3) is 2.91. The number of rotatable bonds is 4. The zero-order chi connectivity index (χ0) is 18.3. The standard InChI is InChI=1S/C19H19N3O3/c1-10-5-6-15-14(7-10)19(25)22(9-20-15)8-16(24)18-11(2)17(13(4)23)12(3)21-18/h5-7,9,21H,8H2,1-4H3. The summed E-state index contributed by atoms with van der Waals surface area (Å²) in [5.74, 6) is -0.352. The van der Waals surface area contributed by atoms with Crippen molar-refractivity contribution in [3.63, 3.8) is 0 Å². The number of hydrogen-bond acceptors (Lipinski definition) is 4. The van der Waals surface area contributed by atoms with Crippen LogP contribution in [0.2, 0.25) is 0 Å². The number of hydrogen-bond donors (Lipinski definition) is 1. The highest BCUT2D eigenvalue weighted by molar-refractivity contribution is 6.03. The van der Waals surface area contributed by atoms with Crippen molar-refractivity contribution in [1.29, 1.82) is 0 Å². The quantitative estimate of drug-likeness (QED) is 0.742. The second-order valence-corrected chi connectivity index (χ2v) is 6.30. The summed E-state index contributed by atoms with van der Waals surface area (Å²) in [5.41, 5.74) is 3.47. The second-order valence-electron chi connectivity index (χ2n) is 6.30. The Hall–Kier alpha value is -3.02. The molecule has 0 unspecified atom stereocenters. The fourth-order valence-corrected chi connectivity index (χ4v) is 3.18. The van der Waals surface area contributed by atoms with Crippen LogP contribution in [0.3, 0.4) is 0 Å². The van der Waals surface area contributed by atoms with E-state index in [0.29, 0.717) is 33.4 Å². The van der Waals surface area contributed by atoms with Crippen LogP contribution in [0.1, 0.15) is 44.6 Å². The van der Waals surface area contributed by atoms with Gasteiger partial charge in [-0.15, -0.1) is 0 Å². The molecule has 1 aromatic carbocycles. The molecular weight excluding hydrogens is 318 g/mol. The van der Waals surface area contributed by atoms with Crippen LogP contribution in [0.5, 0.6) is 0 Å². The van der Waals surface area contributed by atoms with E-state index in [4.69, 9.17) is 0 Å². The molecule has 2 aromatic heterocycles. The van der Waals surface area contributed by atoms with Gasteiger partial charge in [0.1, 0.15) is 0 Å². The predicted molar refractivity (Wildman–Crippen MR) is 95.3 cm³/mol. The van der Waals surface area contributed by atoms with E-state index >= 15 is 0 Å². The number of carbonyl (C=O) groups excluding carboxylic acids is 2. The highest BCUT2D eigenvalue weighted by atomic mass is 16.1. The summed E-state index contributed by atoms with van der Waals surface area (Å²) in [6.45, 7) is 6.73. The van der Waals surface area contributed by atoms with Crippen LogP contribution in [0.15, 0.2) is 29.3 Å². The van der Waals surface area contributed by atoms with E-state index in [1.54, 1.807) is 26.0 Å². The normalized spacial score (nSPS) is 11.0. The lowest BCUT2D eigenvalue weighted by molar-refractivity contribution is 0.0965. The molecule has 0 saturated carbocycles. The van der Waals surface area contributed by atoms with Crippen molar-refractivity contribution in [1.82, 2.24) is 14.5 Å². The van der Waals surface area contributed by atoms with Crippen molar-refractivity contribution in [3.8, 4) is 0 Å². The summed E-state index contributed by atoms with van der Waals surface area (Å²) in [4.78, 5) is 44.2. The maximum atomic E-state index is 12.6. The van der Waals surface area contributed by atoms with Crippen LogP contribution in [0.4, 0.5) is 0 Å². The predicted octanol–water partition coefficient (Wildman–Crippen LogP) is 2.74. The van der Waals surface area contributed by atoms with Crippen LogP contribution in [0, 0.1) is 20.8 Å².